The monoisotopic (exact) mass is 213 g/mol. The molecule has 0 aliphatic carbocycles. The first-order valence-electron chi connectivity index (χ1n) is 4.37. The molecule has 76 valence electrons. The molecule has 1 saturated heterocycles. The maximum absolute atomic E-state index is 10.8. The molecule has 0 radical (unpaired) electrons. The van der Waals surface area contributed by atoms with E-state index < -0.39 is 12.0 Å². The zero-order chi connectivity index (χ0) is 9.97. The summed E-state index contributed by atoms with van der Waals surface area (Å²) in [5.41, 5.74) is 0. The molecule has 2 N–H and O–H groups in total. The van der Waals surface area contributed by atoms with Crippen LogP contribution in [0.1, 0.15) is 11.8 Å². The Hall–Kier alpha value is -0.940. The third-order valence-electron chi connectivity index (χ3n) is 2.16. The van der Waals surface area contributed by atoms with Gasteiger partial charge in [-0.15, -0.1) is 0 Å². The van der Waals surface area contributed by atoms with Crippen LogP contribution in [0.3, 0.4) is 0 Å². The van der Waals surface area contributed by atoms with Crippen LogP contribution in [-0.4, -0.2) is 28.6 Å². The number of rotatable bonds is 2. The molecular formula is C9H11NO3S. The predicted octanol–water partition coefficient (Wildman–Crippen LogP) is 1.11. The minimum Gasteiger partial charge on any atom is -0.480 e. The summed E-state index contributed by atoms with van der Waals surface area (Å²) in [6.07, 6.45) is 1.60. The van der Waals surface area contributed by atoms with Gasteiger partial charge in [0.25, 0.3) is 0 Å². The van der Waals surface area contributed by atoms with Gasteiger partial charge in [-0.3, -0.25) is 10.1 Å². The van der Waals surface area contributed by atoms with Crippen LogP contribution in [0.5, 0.6) is 0 Å². The van der Waals surface area contributed by atoms with Gasteiger partial charge in [-0.05, 0) is 12.1 Å². The van der Waals surface area contributed by atoms with E-state index in [1.54, 1.807) is 18.0 Å². The summed E-state index contributed by atoms with van der Waals surface area (Å²) in [5.74, 6) is 1.49. The normalized spacial score (nSPS) is 27.4. The number of carbonyl (C=O) groups is 1. The predicted molar refractivity (Wildman–Crippen MR) is 53.3 cm³/mol. The number of hydrogen-bond donors (Lipinski definition) is 2. The summed E-state index contributed by atoms with van der Waals surface area (Å²) >= 11 is 1.63. The number of carboxylic acids is 1. The molecule has 2 heterocycles. The Kier molecular flexibility index (Phi) is 2.79. The second kappa shape index (κ2) is 4.06. The molecule has 0 aromatic carbocycles. The average molecular weight is 213 g/mol. The van der Waals surface area contributed by atoms with E-state index in [9.17, 15) is 4.79 Å². The maximum atomic E-state index is 10.8. The number of thioether (sulfide) groups is 1. The van der Waals surface area contributed by atoms with E-state index in [4.69, 9.17) is 9.52 Å². The molecule has 1 aliphatic rings. The van der Waals surface area contributed by atoms with Gasteiger partial charge in [-0.1, -0.05) is 0 Å². The summed E-state index contributed by atoms with van der Waals surface area (Å²) < 4.78 is 5.23. The second-order valence-electron chi connectivity index (χ2n) is 3.16. The minimum absolute atomic E-state index is 0.0184. The lowest BCUT2D eigenvalue weighted by Gasteiger charge is -2.26. The van der Waals surface area contributed by atoms with Crippen molar-refractivity contribution in [3.8, 4) is 0 Å². The largest absolute Gasteiger partial charge is 0.480 e. The van der Waals surface area contributed by atoms with Gasteiger partial charge in [0.1, 0.15) is 11.8 Å². The lowest BCUT2D eigenvalue weighted by atomic mass is 10.2. The molecule has 1 fully saturated rings. The standard InChI is InChI=1S/C9H11NO3S/c11-9(12)7-5-14-4-6(10-7)8-2-1-3-13-8/h1-3,6-7,10H,4-5H2,(H,11,12). The Morgan fingerprint density at radius 3 is 3.14 bits per heavy atom. The van der Waals surface area contributed by atoms with Gasteiger partial charge in [0, 0.05) is 11.5 Å². The Morgan fingerprint density at radius 1 is 1.64 bits per heavy atom. The Bertz CT molecular complexity index is 312. The average Bonchev–Trinajstić information content (AvgIpc) is 2.71. The van der Waals surface area contributed by atoms with Crippen molar-refractivity contribution in [1.29, 1.82) is 0 Å². The van der Waals surface area contributed by atoms with Gasteiger partial charge in [-0.2, -0.15) is 11.8 Å². The van der Waals surface area contributed by atoms with Gasteiger partial charge in [-0.25, -0.2) is 0 Å². The first kappa shape index (κ1) is 9.61. The molecule has 2 atom stereocenters. The molecule has 4 nitrogen and oxygen atoms in total. The molecule has 1 aromatic rings. The number of furan rings is 1. The van der Waals surface area contributed by atoms with E-state index >= 15 is 0 Å². The summed E-state index contributed by atoms with van der Waals surface area (Å²) in [7, 11) is 0. The minimum atomic E-state index is -0.797. The summed E-state index contributed by atoms with van der Waals surface area (Å²) in [6.45, 7) is 0. The van der Waals surface area contributed by atoms with E-state index in [1.165, 1.54) is 0 Å². The van der Waals surface area contributed by atoms with E-state index in [-0.39, 0.29) is 6.04 Å². The van der Waals surface area contributed by atoms with Crippen LogP contribution in [0, 0.1) is 0 Å². The molecule has 1 aliphatic heterocycles. The maximum Gasteiger partial charge on any atom is 0.321 e. The Morgan fingerprint density at radius 2 is 2.50 bits per heavy atom. The van der Waals surface area contributed by atoms with Crippen LogP contribution in [-0.2, 0) is 4.79 Å². The molecule has 0 spiro atoms. The van der Waals surface area contributed by atoms with Gasteiger partial charge in [0.15, 0.2) is 0 Å². The zero-order valence-corrected chi connectivity index (χ0v) is 8.29. The molecule has 0 bridgehead atoms. The third kappa shape index (κ3) is 1.93. The molecule has 0 amide bonds. The van der Waals surface area contributed by atoms with E-state index in [0.29, 0.717) is 5.75 Å². The van der Waals surface area contributed by atoms with Crippen molar-refractivity contribution in [1.82, 2.24) is 5.32 Å². The van der Waals surface area contributed by atoms with Crippen molar-refractivity contribution < 1.29 is 14.3 Å². The van der Waals surface area contributed by atoms with Crippen molar-refractivity contribution in [3.63, 3.8) is 0 Å². The van der Waals surface area contributed by atoms with Crippen molar-refractivity contribution in [2.24, 2.45) is 0 Å². The molecular weight excluding hydrogens is 202 g/mol. The number of carboxylic acid groups (broad SMARTS) is 1. The van der Waals surface area contributed by atoms with Crippen LogP contribution < -0.4 is 5.32 Å². The van der Waals surface area contributed by atoms with E-state index in [0.717, 1.165) is 11.5 Å². The Balaban J connectivity index is 2.04. The topological polar surface area (TPSA) is 62.5 Å². The molecule has 0 saturated carbocycles. The highest BCUT2D eigenvalue weighted by Crippen LogP contribution is 2.24. The van der Waals surface area contributed by atoms with Crippen molar-refractivity contribution >= 4 is 17.7 Å². The number of aliphatic carboxylic acids is 1. The fourth-order valence-electron chi connectivity index (χ4n) is 1.44. The zero-order valence-electron chi connectivity index (χ0n) is 7.47. The first-order valence-corrected chi connectivity index (χ1v) is 5.53. The van der Waals surface area contributed by atoms with Crippen LogP contribution in [0.4, 0.5) is 0 Å². The first-order chi connectivity index (χ1) is 6.77. The number of nitrogens with one attached hydrogen (secondary N) is 1. The quantitative estimate of drug-likeness (QED) is 0.770. The van der Waals surface area contributed by atoms with Gasteiger partial charge >= 0.3 is 5.97 Å². The van der Waals surface area contributed by atoms with Crippen molar-refractivity contribution in [2.75, 3.05) is 11.5 Å². The highest BCUT2D eigenvalue weighted by Gasteiger charge is 2.28. The van der Waals surface area contributed by atoms with Gasteiger partial charge in [0.05, 0.1) is 12.3 Å². The number of hydrogen-bond acceptors (Lipinski definition) is 4. The molecule has 2 rings (SSSR count). The van der Waals surface area contributed by atoms with Gasteiger partial charge < -0.3 is 9.52 Å². The fraction of sp³-hybridized carbons (Fsp3) is 0.444. The van der Waals surface area contributed by atoms with Crippen LogP contribution in [0.25, 0.3) is 0 Å². The summed E-state index contributed by atoms with van der Waals surface area (Å²) in [4.78, 5) is 10.8. The fourth-order valence-corrected chi connectivity index (χ4v) is 2.55. The van der Waals surface area contributed by atoms with Crippen LogP contribution >= 0.6 is 11.8 Å². The van der Waals surface area contributed by atoms with Crippen LogP contribution in [0.2, 0.25) is 0 Å². The highest BCUT2D eigenvalue weighted by atomic mass is 32.2. The summed E-state index contributed by atoms with van der Waals surface area (Å²) in [5, 5.41) is 11.9. The van der Waals surface area contributed by atoms with E-state index in [2.05, 4.69) is 5.32 Å². The third-order valence-corrected chi connectivity index (χ3v) is 3.29. The lowest BCUT2D eigenvalue weighted by Crippen LogP contribution is -2.45. The molecule has 1 aromatic heterocycles. The molecule has 2 unspecified atom stereocenters. The summed E-state index contributed by atoms with van der Waals surface area (Å²) in [6, 6.07) is 3.22. The van der Waals surface area contributed by atoms with E-state index in [1.807, 2.05) is 12.1 Å². The molecule has 5 heteroatoms. The highest BCUT2D eigenvalue weighted by molar-refractivity contribution is 7.99. The smallest absolute Gasteiger partial charge is 0.321 e. The molecule has 14 heavy (non-hydrogen) atoms. The SMILES string of the molecule is O=C(O)C1CSCC(c2ccco2)N1. The van der Waals surface area contributed by atoms with Crippen molar-refractivity contribution in [3.05, 3.63) is 24.2 Å². The lowest BCUT2D eigenvalue weighted by molar-refractivity contribution is -0.139. The van der Waals surface area contributed by atoms with Crippen LogP contribution in [0.15, 0.2) is 22.8 Å². The van der Waals surface area contributed by atoms with Crippen molar-refractivity contribution in [2.45, 2.75) is 12.1 Å². The second-order valence-corrected chi connectivity index (χ2v) is 4.24. The van der Waals surface area contributed by atoms with Gasteiger partial charge in [0.2, 0.25) is 0 Å². The Labute approximate surface area is 85.7 Å².